The van der Waals surface area contributed by atoms with Crippen LogP contribution in [0.15, 0.2) is 16.7 Å². The van der Waals surface area contributed by atoms with Crippen LogP contribution >= 0.6 is 11.3 Å². The first kappa shape index (κ1) is 14.4. The van der Waals surface area contributed by atoms with Crippen molar-refractivity contribution in [3.05, 3.63) is 33.6 Å². The van der Waals surface area contributed by atoms with Gasteiger partial charge in [0.1, 0.15) is 0 Å². The van der Waals surface area contributed by atoms with Gasteiger partial charge >= 0.3 is 0 Å². The highest BCUT2D eigenvalue weighted by molar-refractivity contribution is 7.11. The first-order valence-corrected chi connectivity index (χ1v) is 8.72. The lowest BCUT2D eigenvalue weighted by atomic mass is 9.90. The predicted molar refractivity (Wildman–Crippen MR) is 84.0 cm³/mol. The van der Waals surface area contributed by atoms with Crippen LogP contribution in [-0.4, -0.2) is 40.3 Å². The zero-order valence-electron chi connectivity index (χ0n) is 13.0. The molecule has 3 atom stereocenters. The van der Waals surface area contributed by atoms with Gasteiger partial charge in [0.25, 0.3) is 0 Å². The molecule has 0 bridgehead atoms. The van der Waals surface area contributed by atoms with Crippen molar-refractivity contribution in [2.24, 2.45) is 0 Å². The Morgan fingerprint density at radius 2 is 2.27 bits per heavy atom. The van der Waals surface area contributed by atoms with Crippen molar-refractivity contribution < 1.29 is 9.26 Å². The Morgan fingerprint density at radius 3 is 3.00 bits per heavy atom. The number of piperidine rings is 1. The van der Waals surface area contributed by atoms with Gasteiger partial charge in [0.05, 0.1) is 12.0 Å². The SMILES string of the molecule is Cc1noc([C@@H]2C[C@@H]3OCC[C@@H]3N(Cc3ccc(C)s3)C2)n1. The summed E-state index contributed by atoms with van der Waals surface area (Å²) in [6.45, 7) is 6.87. The predicted octanol–water partition coefficient (Wildman–Crippen LogP) is 2.89. The van der Waals surface area contributed by atoms with Crippen molar-refractivity contribution >= 4 is 11.3 Å². The minimum Gasteiger partial charge on any atom is -0.377 e. The third kappa shape index (κ3) is 2.71. The van der Waals surface area contributed by atoms with Crippen LogP contribution in [0.1, 0.15) is 40.2 Å². The lowest BCUT2D eigenvalue weighted by Crippen LogP contribution is -2.48. The average molecular weight is 319 g/mol. The molecule has 0 aromatic carbocycles. The number of ether oxygens (including phenoxy) is 1. The Bertz CT molecular complexity index is 653. The van der Waals surface area contributed by atoms with Crippen LogP contribution < -0.4 is 0 Å². The van der Waals surface area contributed by atoms with Gasteiger partial charge < -0.3 is 9.26 Å². The van der Waals surface area contributed by atoms with E-state index in [1.807, 2.05) is 18.3 Å². The molecule has 0 spiro atoms. The molecule has 4 rings (SSSR count). The summed E-state index contributed by atoms with van der Waals surface area (Å²) in [5.74, 6) is 1.75. The van der Waals surface area contributed by atoms with Gasteiger partial charge in [-0.1, -0.05) is 5.16 Å². The average Bonchev–Trinajstić information content (AvgIpc) is 3.20. The van der Waals surface area contributed by atoms with Gasteiger partial charge in [0.15, 0.2) is 5.82 Å². The van der Waals surface area contributed by atoms with Crippen molar-refractivity contribution in [2.45, 2.75) is 51.3 Å². The number of rotatable bonds is 3. The molecule has 2 fully saturated rings. The second kappa shape index (κ2) is 5.76. The van der Waals surface area contributed by atoms with E-state index in [2.05, 4.69) is 34.1 Å². The number of aromatic nitrogens is 2. The fourth-order valence-corrected chi connectivity index (χ4v) is 4.58. The minimum atomic E-state index is 0.279. The molecule has 5 nitrogen and oxygen atoms in total. The minimum absolute atomic E-state index is 0.279. The summed E-state index contributed by atoms with van der Waals surface area (Å²) in [4.78, 5) is 9.78. The van der Waals surface area contributed by atoms with Crippen LogP contribution in [0.3, 0.4) is 0 Å². The summed E-state index contributed by atoms with van der Waals surface area (Å²) in [5.41, 5.74) is 0. The topological polar surface area (TPSA) is 51.4 Å². The third-order valence-electron chi connectivity index (χ3n) is 4.66. The van der Waals surface area contributed by atoms with Gasteiger partial charge in [-0.2, -0.15) is 4.98 Å². The molecule has 0 radical (unpaired) electrons. The van der Waals surface area contributed by atoms with E-state index in [-0.39, 0.29) is 5.92 Å². The molecule has 0 unspecified atom stereocenters. The molecule has 0 N–H and O–H groups in total. The van der Waals surface area contributed by atoms with Gasteiger partial charge in [-0.05, 0) is 38.8 Å². The van der Waals surface area contributed by atoms with Crippen molar-refractivity contribution in [2.75, 3.05) is 13.2 Å². The summed E-state index contributed by atoms with van der Waals surface area (Å²) in [7, 11) is 0. The molecule has 2 aliphatic heterocycles. The Morgan fingerprint density at radius 1 is 1.36 bits per heavy atom. The van der Waals surface area contributed by atoms with Gasteiger partial charge in [-0.25, -0.2) is 0 Å². The van der Waals surface area contributed by atoms with Crippen molar-refractivity contribution in [3.8, 4) is 0 Å². The van der Waals surface area contributed by atoms with E-state index in [1.54, 1.807) is 0 Å². The van der Waals surface area contributed by atoms with Gasteiger partial charge in [0.2, 0.25) is 5.89 Å². The fourth-order valence-electron chi connectivity index (χ4n) is 3.66. The molecule has 22 heavy (non-hydrogen) atoms. The van der Waals surface area contributed by atoms with E-state index in [0.29, 0.717) is 18.0 Å². The number of aryl methyl sites for hydroxylation is 2. The number of hydrogen-bond donors (Lipinski definition) is 0. The molecule has 0 saturated carbocycles. The van der Waals surface area contributed by atoms with Crippen LogP contribution in [0.5, 0.6) is 0 Å². The molecule has 6 heteroatoms. The first-order chi connectivity index (χ1) is 10.7. The Hall–Kier alpha value is -1.24. The molecule has 2 aromatic heterocycles. The number of fused-ring (bicyclic) bond motifs is 1. The van der Waals surface area contributed by atoms with Crippen molar-refractivity contribution in [1.82, 2.24) is 15.0 Å². The quantitative estimate of drug-likeness (QED) is 0.870. The Balaban J connectivity index is 1.55. The van der Waals surface area contributed by atoms with Crippen LogP contribution in [-0.2, 0) is 11.3 Å². The van der Waals surface area contributed by atoms with E-state index in [1.165, 1.54) is 9.75 Å². The molecule has 118 valence electrons. The first-order valence-electron chi connectivity index (χ1n) is 7.90. The maximum atomic E-state index is 5.96. The molecule has 0 amide bonds. The number of likely N-dealkylation sites (tertiary alicyclic amines) is 1. The molecule has 2 aromatic rings. The summed E-state index contributed by atoms with van der Waals surface area (Å²) < 4.78 is 11.4. The molecular weight excluding hydrogens is 298 g/mol. The van der Waals surface area contributed by atoms with Crippen molar-refractivity contribution in [1.29, 1.82) is 0 Å². The fraction of sp³-hybridized carbons (Fsp3) is 0.625. The highest BCUT2D eigenvalue weighted by Crippen LogP contribution is 2.36. The molecule has 0 aliphatic carbocycles. The number of thiophene rings is 1. The van der Waals surface area contributed by atoms with E-state index < -0.39 is 0 Å². The summed E-state index contributed by atoms with van der Waals surface area (Å²) in [5, 5.41) is 3.95. The third-order valence-corrected chi connectivity index (χ3v) is 5.65. The highest BCUT2D eigenvalue weighted by atomic mass is 32.1. The standard InChI is InChI=1S/C16H21N3O2S/c1-10-3-4-13(22-10)9-19-8-12(16-17-11(2)18-21-16)7-15-14(19)5-6-20-15/h3-4,12,14-15H,5-9H2,1-2H3/t12-,14+,15+/m1/s1. The van der Waals surface area contributed by atoms with Crippen LogP contribution in [0.25, 0.3) is 0 Å². The lowest BCUT2D eigenvalue weighted by Gasteiger charge is -2.39. The van der Waals surface area contributed by atoms with E-state index in [4.69, 9.17) is 9.26 Å². The smallest absolute Gasteiger partial charge is 0.231 e. The number of hydrogen-bond acceptors (Lipinski definition) is 6. The maximum absolute atomic E-state index is 5.96. The monoisotopic (exact) mass is 319 g/mol. The van der Waals surface area contributed by atoms with Gasteiger partial charge in [-0.3, -0.25) is 4.90 Å². The van der Waals surface area contributed by atoms with Crippen molar-refractivity contribution in [3.63, 3.8) is 0 Å². The molecular formula is C16H21N3O2S. The zero-order valence-corrected chi connectivity index (χ0v) is 13.8. The van der Waals surface area contributed by atoms with Crippen LogP contribution in [0, 0.1) is 13.8 Å². The summed E-state index contributed by atoms with van der Waals surface area (Å²) >= 11 is 1.88. The second-order valence-electron chi connectivity index (χ2n) is 6.32. The van der Waals surface area contributed by atoms with Gasteiger partial charge in [-0.15, -0.1) is 11.3 Å². The molecule has 4 heterocycles. The lowest BCUT2D eigenvalue weighted by molar-refractivity contribution is 0.00887. The van der Waals surface area contributed by atoms with E-state index >= 15 is 0 Å². The second-order valence-corrected chi connectivity index (χ2v) is 7.69. The van der Waals surface area contributed by atoms with E-state index in [9.17, 15) is 0 Å². The summed E-state index contributed by atoms with van der Waals surface area (Å²) in [6.07, 6.45) is 2.42. The Labute approximate surface area is 134 Å². The van der Waals surface area contributed by atoms with Crippen LogP contribution in [0.4, 0.5) is 0 Å². The van der Waals surface area contributed by atoms with E-state index in [0.717, 1.165) is 38.4 Å². The Kier molecular flexibility index (Phi) is 3.76. The maximum Gasteiger partial charge on any atom is 0.231 e. The molecule has 2 saturated heterocycles. The molecule has 2 aliphatic rings. The highest BCUT2D eigenvalue weighted by Gasteiger charge is 2.42. The zero-order chi connectivity index (χ0) is 15.1. The number of nitrogens with zero attached hydrogens (tertiary/aromatic N) is 3. The van der Waals surface area contributed by atoms with Gasteiger partial charge in [0, 0.05) is 35.5 Å². The largest absolute Gasteiger partial charge is 0.377 e. The normalized spacial score (nSPS) is 28.9. The van der Waals surface area contributed by atoms with Crippen LogP contribution in [0.2, 0.25) is 0 Å². The summed E-state index contributed by atoms with van der Waals surface area (Å²) in [6, 6.07) is 4.97.